The van der Waals surface area contributed by atoms with E-state index in [0.29, 0.717) is 17.1 Å². The number of hydrogen-bond acceptors (Lipinski definition) is 4. The van der Waals surface area contributed by atoms with Crippen molar-refractivity contribution in [2.75, 3.05) is 5.32 Å². The summed E-state index contributed by atoms with van der Waals surface area (Å²) in [6, 6.07) is 5.70. The van der Waals surface area contributed by atoms with E-state index in [0.717, 1.165) is 10.6 Å². The molecule has 0 saturated carbocycles. The maximum absolute atomic E-state index is 8.69. The third-order valence-electron chi connectivity index (χ3n) is 2.00. The number of nitriles is 1. The highest BCUT2D eigenvalue weighted by Gasteiger charge is 2.01. The average molecular weight is 250 g/mol. The van der Waals surface area contributed by atoms with Crippen molar-refractivity contribution >= 4 is 28.6 Å². The molecule has 0 radical (unpaired) electrons. The summed E-state index contributed by atoms with van der Waals surface area (Å²) in [4.78, 5) is 5.08. The van der Waals surface area contributed by atoms with Crippen molar-refractivity contribution in [2.24, 2.45) is 0 Å². The molecule has 0 aliphatic rings. The molecule has 0 fully saturated rings. The van der Waals surface area contributed by atoms with Gasteiger partial charge in [0.05, 0.1) is 22.5 Å². The molecule has 2 aromatic rings. The SMILES string of the molecule is N#Cc1csc(CNc2cnccc2Cl)c1. The van der Waals surface area contributed by atoms with Crippen LogP contribution in [0.3, 0.4) is 0 Å². The predicted octanol–water partition coefficient (Wildman–Crippen LogP) is 3.28. The number of halogens is 1. The summed E-state index contributed by atoms with van der Waals surface area (Å²) in [7, 11) is 0. The third kappa shape index (κ3) is 2.51. The Morgan fingerprint density at radius 3 is 3.12 bits per heavy atom. The highest BCUT2D eigenvalue weighted by atomic mass is 35.5. The van der Waals surface area contributed by atoms with Crippen LogP contribution in [0.2, 0.25) is 5.02 Å². The summed E-state index contributed by atoms with van der Waals surface area (Å²) in [5.41, 5.74) is 1.50. The largest absolute Gasteiger partial charge is 0.378 e. The molecular formula is C11H8ClN3S. The van der Waals surface area contributed by atoms with Crippen molar-refractivity contribution in [2.45, 2.75) is 6.54 Å². The zero-order chi connectivity index (χ0) is 11.4. The van der Waals surface area contributed by atoms with E-state index in [1.54, 1.807) is 29.8 Å². The minimum Gasteiger partial charge on any atom is -0.378 e. The lowest BCUT2D eigenvalue weighted by Crippen LogP contribution is -1.98. The van der Waals surface area contributed by atoms with Gasteiger partial charge in [-0.1, -0.05) is 11.6 Å². The second-order valence-corrected chi connectivity index (χ2v) is 4.53. The second kappa shape index (κ2) is 4.97. The first-order valence-corrected chi connectivity index (χ1v) is 5.86. The van der Waals surface area contributed by atoms with Crippen molar-refractivity contribution in [1.82, 2.24) is 4.98 Å². The zero-order valence-electron chi connectivity index (χ0n) is 8.27. The van der Waals surface area contributed by atoms with Crippen LogP contribution in [0.1, 0.15) is 10.4 Å². The fourth-order valence-corrected chi connectivity index (χ4v) is 2.14. The van der Waals surface area contributed by atoms with Crippen LogP contribution in [0, 0.1) is 11.3 Å². The zero-order valence-corrected chi connectivity index (χ0v) is 9.85. The van der Waals surface area contributed by atoms with Gasteiger partial charge in [0, 0.05) is 23.0 Å². The second-order valence-electron chi connectivity index (χ2n) is 3.12. The molecule has 0 aliphatic heterocycles. The number of anilines is 1. The summed E-state index contributed by atoms with van der Waals surface area (Å²) in [5.74, 6) is 0. The van der Waals surface area contributed by atoms with Gasteiger partial charge in [0.15, 0.2) is 0 Å². The Labute approximate surface area is 102 Å². The van der Waals surface area contributed by atoms with Crippen LogP contribution >= 0.6 is 22.9 Å². The average Bonchev–Trinajstić information content (AvgIpc) is 2.76. The molecule has 0 spiro atoms. The van der Waals surface area contributed by atoms with Crippen molar-refractivity contribution < 1.29 is 0 Å². The number of thiophene rings is 1. The van der Waals surface area contributed by atoms with Gasteiger partial charge in [0.2, 0.25) is 0 Å². The summed E-state index contributed by atoms with van der Waals surface area (Å²) in [6.45, 7) is 0.651. The molecule has 0 saturated heterocycles. The number of nitrogens with one attached hydrogen (secondary N) is 1. The number of pyridine rings is 1. The summed E-state index contributed by atoms with van der Waals surface area (Å²) < 4.78 is 0. The van der Waals surface area contributed by atoms with Crippen molar-refractivity contribution in [3.05, 3.63) is 45.4 Å². The number of aromatic nitrogens is 1. The Bertz CT molecular complexity index is 530. The van der Waals surface area contributed by atoms with E-state index in [1.807, 2.05) is 11.4 Å². The smallest absolute Gasteiger partial charge is 0.100 e. The van der Waals surface area contributed by atoms with Crippen molar-refractivity contribution in [1.29, 1.82) is 5.26 Å². The molecule has 0 aliphatic carbocycles. The lowest BCUT2D eigenvalue weighted by Gasteiger charge is -2.05. The number of rotatable bonds is 3. The van der Waals surface area contributed by atoms with Crippen LogP contribution in [0.15, 0.2) is 29.9 Å². The summed E-state index contributed by atoms with van der Waals surface area (Å²) in [5, 5.41) is 14.3. The van der Waals surface area contributed by atoms with E-state index in [-0.39, 0.29) is 0 Å². The Kier molecular flexibility index (Phi) is 3.40. The molecule has 0 amide bonds. The van der Waals surface area contributed by atoms with Gasteiger partial charge in [0.1, 0.15) is 6.07 Å². The number of nitrogens with zero attached hydrogens (tertiary/aromatic N) is 2. The van der Waals surface area contributed by atoms with Crippen LogP contribution in [0.4, 0.5) is 5.69 Å². The molecule has 0 unspecified atom stereocenters. The van der Waals surface area contributed by atoms with Gasteiger partial charge in [-0.15, -0.1) is 11.3 Å². The molecule has 1 N–H and O–H groups in total. The van der Waals surface area contributed by atoms with E-state index < -0.39 is 0 Å². The summed E-state index contributed by atoms with van der Waals surface area (Å²) >= 11 is 7.52. The first-order chi connectivity index (χ1) is 7.79. The molecule has 5 heteroatoms. The topological polar surface area (TPSA) is 48.7 Å². The first kappa shape index (κ1) is 10.9. The van der Waals surface area contributed by atoms with Crippen LogP contribution in [-0.4, -0.2) is 4.98 Å². The van der Waals surface area contributed by atoms with Crippen LogP contribution in [0.25, 0.3) is 0 Å². The van der Waals surface area contributed by atoms with Gasteiger partial charge in [0.25, 0.3) is 0 Å². The fraction of sp³-hybridized carbons (Fsp3) is 0.0909. The van der Waals surface area contributed by atoms with Gasteiger partial charge in [-0.05, 0) is 12.1 Å². The molecule has 16 heavy (non-hydrogen) atoms. The maximum Gasteiger partial charge on any atom is 0.100 e. The number of hydrogen-bond donors (Lipinski definition) is 1. The molecule has 0 bridgehead atoms. The quantitative estimate of drug-likeness (QED) is 0.908. The van der Waals surface area contributed by atoms with E-state index in [9.17, 15) is 0 Å². The monoisotopic (exact) mass is 249 g/mol. The van der Waals surface area contributed by atoms with Crippen LogP contribution in [-0.2, 0) is 6.54 Å². The third-order valence-corrected chi connectivity index (χ3v) is 3.27. The van der Waals surface area contributed by atoms with E-state index in [4.69, 9.17) is 16.9 Å². The molecule has 0 aromatic carbocycles. The Hall–Kier alpha value is -1.57. The lowest BCUT2D eigenvalue weighted by atomic mass is 10.3. The van der Waals surface area contributed by atoms with Gasteiger partial charge in [-0.2, -0.15) is 5.26 Å². The van der Waals surface area contributed by atoms with Gasteiger partial charge < -0.3 is 5.32 Å². The molecule has 0 atom stereocenters. The lowest BCUT2D eigenvalue weighted by molar-refractivity contribution is 1.17. The van der Waals surface area contributed by atoms with Crippen molar-refractivity contribution in [3.8, 4) is 6.07 Å². The molecule has 2 heterocycles. The van der Waals surface area contributed by atoms with E-state index >= 15 is 0 Å². The molecular weight excluding hydrogens is 242 g/mol. The van der Waals surface area contributed by atoms with Gasteiger partial charge >= 0.3 is 0 Å². The Morgan fingerprint density at radius 2 is 2.44 bits per heavy atom. The molecule has 3 nitrogen and oxygen atoms in total. The van der Waals surface area contributed by atoms with E-state index in [2.05, 4.69) is 16.4 Å². The molecule has 80 valence electrons. The minimum absolute atomic E-state index is 0.645. The van der Waals surface area contributed by atoms with Gasteiger partial charge in [-0.25, -0.2) is 0 Å². The highest BCUT2D eigenvalue weighted by Crippen LogP contribution is 2.21. The normalized spacial score (nSPS) is 9.75. The Morgan fingerprint density at radius 1 is 1.56 bits per heavy atom. The minimum atomic E-state index is 0.645. The summed E-state index contributed by atoms with van der Waals surface area (Å²) in [6.07, 6.45) is 3.33. The standard InChI is InChI=1S/C11H8ClN3S/c12-10-1-2-14-6-11(10)15-5-9-3-8(4-13)7-16-9/h1-3,6-7,15H,5H2. The van der Waals surface area contributed by atoms with Crippen LogP contribution in [0.5, 0.6) is 0 Å². The fourth-order valence-electron chi connectivity index (χ4n) is 1.22. The Balaban J connectivity index is 2.03. The van der Waals surface area contributed by atoms with E-state index in [1.165, 1.54) is 0 Å². The molecule has 2 aromatic heterocycles. The predicted molar refractivity (Wildman–Crippen MR) is 65.6 cm³/mol. The highest BCUT2D eigenvalue weighted by molar-refractivity contribution is 7.10. The molecule has 2 rings (SSSR count). The van der Waals surface area contributed by atoms with Gasteiger partial charge in [-0.3, -0.25) is 4.98 Å². The van der Waals surface area contributed by atoms with Crippen molar-refractivity contribution in [3.63, 3.8) is 0 Å². The van der Waals surface area contributed by atoms with Crippen LogP contribution < -0.4 is 5.32 Å². The first-order valence-electron chi connectivity index (χ1n) is 4.60. The maximum atomic E-state index is 8.69.